The fourth-order valence-corrected chi connectivity index (χ4v) is 9.08. The van der Waals surface area contributed by atoms with E-state index in [4.69, 9.17) is 14.5 Å². The van der Waals surface area contributed by atoms with E-state index >= 15 is 4.39 Å². The van der Waals surface area contributed by atoms with Gasteiger partial charge in [-0.05, 0) is 85.0 Å². The molecule has 3 unspecified atom stereocenters. The SMILES string of the molecule is CCc1c(F)ccc2cc(O)cc(-c3ncc4c(N5CC6CCC(C(=O)OC)C6C5)nc(OC[C@@]56CCCN5C[C@H](F)C6)nc4c3F)c12. The zero-order chi connectivity index (χ0) is 33.3. The maximum Gasteiger partial charge on any atom is 0.319 e. The molecule has 4 aromatic rings. The number of anilines is 1. The number of benzene rings is 2. The number of halogens is 3. The van der Waals surface area contributed by atoms with Crippen LogP contribution >= 0.6 is 0 Å². The van der Waals surface area contributed by atoms with Crippen LogP contribution in [0.5, 0.6) is 11.8 Å². The van der Waals surface area contributed by atoms with Crippen molar-refractivity contribution in [2.24, 2.45) is 17.8 Å². The Labute approximate surface area is 276 Å². The molecule has 1 N–H and O–H groups in total. The Morgan fingerprint density at radius 3 is 2.81 bits per heavy atom. The fraction of sp³-hybridized carbons (Fsp3) is 0.500. The summed E-state index contributed by atoms with van der Waals surface area (Å²) in [6, 6.07) is 5.79. The molecule has 3 saturated heterocycles. The summed E-state index contributed by atoms with van der Waals surface area (Å²) in [6.45, 7) is 4.30. The fourth-order valence-electron chi connectivity index (χ4n) is 9.08. The van der Waals surface area contributed by atoms with Gasteiger partial charge >= 0.3 is 12.0 Å². The molecule has 2 aromatic heterocycles. The van der Waals surface area contributed by atoms with Gasteiger partial charge in [0.2, 0.25) is 0 Å². The molecule has 0 radical (unpaired) electrons. The van der Waals surface area contributed by atoms with Crippen LogP contribution in [0.2, 0.25) is 0 Å². The summed E-state index contributed by atoms with van der Waals surface area (Å²) < 4.78 is 57.8. The van der Waals surface area contributed by atoms with Crippen LogP contribution in [0.25, 0.3) is 32.9 Å². The molecular formula is C36H38F3N5O4. The topological polar surface area (TPSA) is 101 Å². The Bertz CT molecular complexity index is 1940. The summed E-state index contributed by atoms with van der Waals surface area (Å²) in [4.78, 5) is 30.7. The van der Waals surface area contributed by atoms with Crippen LogP contribution in [0.15, 0.2) is 30.5 Å². The Morgan fingerprint density at radius 1 is 1.15 bits per heavy atom. The minimum atomic E-state index is -0.935. The summed E-state index contributed by atoms with van der Waals surface area (Å²) in [6.07, 6.45) is 4.66. The van der Waals surface area contributed by atoms with Gasteiger partial charge in [-0.2, -0.15) is 9.97 Å². The molecule has 0 spiro atoms. The van der Waals surface area contributed by atoms with Crippen LogP contribution in [-0.2, 0) is 16.0 Å². The number of carbonyl (C=O) groups excluding carboxylic acids is 1. The molecule has 252 valence electrons. The van der Waals surface area contributed by atoms with Gasteiger partial charge in [0.05, 0.1) is 24.0 Å². The number of rotatable bonds is 7. The van der Waals surface area contributed by atoms with Crippen molar-refractivity contribution in [2.45, 2.75) is 57.2 Å². The van der Waals surface area contributed by atoms with Crippen molar-refractivity contribution < 1.29 is 32.5 Å². The van der Waals surface area contributed by atoms with Crippen molar-refractivity contribution in [2.75, 3.05) is 44.8 Å². The summed E-state index contributed by atoms with van der Waals surface area (Å²) in [5, 5.41) is 12.0. The van der Waals surface area contributed by atoms with E-state index in [9.17, 15) is 18.7 Å². The third-order valence-corrected chi connectivity index (χ3v) is 11.3. The number of fused-ring (bicyclic) bond motifs is 4. The zero-order valence-corrected chi connectivity index (χ0v) is 27.0. The highest BCUT2D eigenvalue weighted by atomic mass is 19.1. The van der Waals surface area contributed by atoms with Gasteiger partial charge in [0.15, 0.2) is 5.82 Å². The van der Waals surface area contributed by atoms with E-state index in [1.54, 1.807) is 6.07 Å². The molecule has 1 aliphatic carbocycles. The van der Waals surface area contributed by atoms with Gasteiger partial charge in [-0.25, -0.2) is 13.2 Å². The number of nitrogens with zero attached hydrogens (tertiary/aromatic N) is 5. The molecule has 2 aromatic carbocycles. The minimum Gasteiger partial charge on any atom is -0.508 e. The number of phenols is 1. The van der Waals surface area contributed by atoms with Crippen molar-refractivity contribution in [1.29, 1.82) is 0 Å². The van der Waals surface area contributed by atoms with Crippen LogP contribution in [0.4, 0.5) is 19.0 Å². The van der Waals surface area contributed by atoms with E-state index in [1.165, 1.54) is 31.5 Å². The van der Waals surface area contributed by atoms with Gasteiger partial charge in [0.1, 0.15) is 41.4 Å². The number of hydrogen-bond donors (Lipinski definition) is 1. The van der Waals surface area contributed by atoms with E-state index in [2.05, 4.69) is 14.9 Å². The first-order valence-electron chi connectivity index (χ1n) is 16.8. The van der Waals surface area contributed by atoms with Crippen LogP contribution in [0.3, 0.4) is 0 Å². The van der Waals surface area contributed by atoms with Gasteiger partial charge in [0, 0.05) is 37.8 Å². The number of aromatic hydroxyl groups is 1. The van der Waals surface area contributed by atoms with Crippen molar-refractivity contribution in [3.63, 3.8) is 0 Å². The van der Waals surface area contributed by atoms with E-state index < -0.39 is 23.3 Å². The number of aryl methyl sites for hydroxylation is 1. The monoisotopic (exact) mass is 661 g/mol. The van der Waals surface area contributed by atoms with E-state index in [1.807, 2.05) is 11.8 Å². The van der Waals surface area contributed by atoms with E-state index in [0.717, 1.165) is 32.2 Å². The van der Waals surface area contributed by atoms with Crippen LogP contribution in [0.1, 0.15) is 44.6 Å². The number of carbonyl (C=O) groups is 1. The summed E-state index contributed by atoms with van der Waals surface area (Å²) >= 11 is 0. The second-order valence-electron chi connectivity index (χ2n) is 13.9. The van der Waals surface area contributed by atoms with Crippen molar-refractivity contribution >= 4 is 33.5 Å². The van der Waals surface area contributed by atoms with E-state index in [-0.39, 0.29) is 58.9 Å². The molecule has 8 rings (SSSR count). The standard InChI is InChI=1S/C36H38F3N5O4/c1-3-23-28(38)8-6-19-11-22(45)12-25(29(19)23)31-30(39)32-26(14-40-31)33(43-15-20-5-7-24(27(20)17-43)34(46)47-2)42-35(41-32)48-18-36-9-4-10-44(36)16-21(37)13-36/h6,8,11-12,14,20-21,24,27,45H,3-5,7,9-10,13,15-18H2,1-2H3/t20?,21-,24?,27?,36+/m1/s1. The van der Waals surface area contributed by atoms with Crippen LogP contribution in [0, 0.1) is 29.4 Å². The molecule has 0 amide bonds. The predicted octanol–water partition coefficient (Wildman–Crippen LogP) is 5.98. The molecule has 4 fully saturated rings. The molecule has 48 heavy (non-hydrogen) atoms. The van der Waals surface area contributed by atoms with E-state index in [0.29, 0.717) is 60.0 Å². The first-order valence-corrected chi connectivity index (χ1v) is 16.8. The van der Waals surface area contributed by atoms with Gasteiger partial charge in [0.25, 0.3) is 0 Å². The predicted molar refractivity (Wildman–Crippen MR) is 174 cm³/mol. The Morgan fingerprint density at radius 2 is 2.00 bits per heavy atom. The Kier molecular flexibility index (Phi) is 7.61. The second kappa shape index (κ2) is 11.7. The van der Waals surface area contributed by atoms with Crippen LogP contribution in [-0.4, -0.2) is 82.5 Å². The maximum absolute atomic E-state index is 16.9. The Balaban J connectivity index is 1.25. The normalized spacial score (nSPS) is 26.8. The van der Waals surface area contributed by atoms with Gasteiger partial charge in [-0.15, -0.1) is 0 Å². The average Bonchev–Trinajstić information content (AvgIpc) is 3.83. The molecule has 5 atom stereocenters. The third kappa shape index (κ3) is 4.93. The molecule has 0 bridgehead atoms. The number of pyridine rings is 1. The van der Waals surface area contributed by atoms with Gasteiger partial charge in [-0.3, -0.25) is 14.7 Å². The molecule has 4 aliphatic rings. The maximum atomic E-state index is 16.9. The molecule has 5 heterocycles. The number of ether oxygens (including phenoxy) is 2. The lowest BCUT2D eigenvalue weighted by atomic mass is 9.92. The highest BCUT2D eigenvalue weighted by Crippen LogP contribution is 2.46. The first kappa shape index (κ1) is 31.1. The Hall–Kier alpha value is -4.19. The van der Waals surface area contributed by atoms with Gasteiger partial charge < -0.3 is 19.5 Å². The van der Waals surface area contributed by atoms with Gasteiger partial charge in [-0.1, -0.05) is 13.0 Å². The van der Waals surface area contributed by atoms with Crippen molar-refractivity contribution in [3.05, 3.63) is 47.7 Å². The number of phenolic OH excluding ortho intramolecular Hbond substituents is 1. The quantitative estimate of drug-likeness (QED) is 0.240. The first-order chi connectivity index (χ1) is 23.2. The summed E-state index contributed by atoms with van der Waals surface area (Å²) in [7, 11) is 1.41. The number of aromatic nitrogens is 3. The number of methoxy groups -OCH3 is 1. The average molecular weight is 662 g/mol. The number of hydrogen-bond acceptors (Lipinski definition) is 9. The molecule has 12 heteroatoms. The summed E-state index contributed by atoms with van der Waals surface area (Å²) in [5.41, 5.74) is 0.0749. The lowest BCUT2D eigenvalue weighted by molar-refractivity contribution is -0.146. The smallest absolute Gasteiger partial charge is 0.319 e. The van der Waals surface area contributed by atoms with Crippen molar-refractivity contribution in [1.82, 2.24) is 19.9 Å². The highest BCUT2D eigenvalue weighted by Gasteiger charge is 2.50. The number of esters is 1. The lowest BCUT2D eigenvalue weighted by Crippen LogP contribution is -2.43. The second-order valence-corrected chi connectivity index (χ2v) is 13.9. The van der Waals surface area contributed by atoms with Crippen LogP contribution < -0.4 is 9.64 Å². The van der Waals surface area contributed by atoms with Crippen molar-refractivity contribution in [3.8, 4) is 23.0 Å². The molecule has 1 saturated carbocycles. The lowest BCUT2D eigenvalue weighted by Gasteiger charge is -2.31. The molecule has 3 aliphatic heterocycles. The molecular weight excluding hydrogens is 623 g/mol. The highest BCUT2D eigenvalue weighted by molar-refractivity contribution is 6.01. The zero-order valence-electron chi connectivity index (χ0n) is 27.0. The minimum absolute atomic E-state index is 0.0249. The number of alkyl halides is 1. The third-order valence-electron chi connectivity index (χ3n) is 11.3. The summed E-state index contributed by atoms with van der Waals surface area (Å²) in [5.74, 6) is -0.964. The molecule has 9 nitrogen and oxygen atoms in total. The largest absolute Gasteiger partial charge is 0.508 e.